The minimum atomic E-state index is -0.459. The predicted molar refractivity (Wildman–Crippen MR) is 107 cm³/mol. The summed E-state index contributed by atoms with van der Waals surface area (Å²) in [5.74, 6) is -0.459. The molecule has 0 atom stereocenters. The minimum absolute atomic E-state index is 0.0169. The van der Waals surface area contributed by atoms with Gasteiger partial charge in [0.15, 0.2) is 0 Å². The Kier molecular flexibility index (Phi) is 7.25. The summed E-state index contributed by atoms with van der Waals surface area (Å²) in [6, 6.07) is 15.0. The molecule has 0 saturated carbocycles. The second-order valence-corrected chi connectivity index (χ2v) is 6.44. The van der Waals surface area contributed by atoms with Gasteiger partial charge in [0, 0.05) is 22.6 Å². The molecule has 0 spiro atoms. The van der Waals surface area contributed by atoms with Gasteiger partial charge in [0.05, 0.1) is 0 Å². The molecule has 0 heterocycles. The van der Waals surface area contributed by atoms with E-state index in [1.165, 1.54) is 11.8 Å². The summed E-state index contributed by atoms with van der Waals surface area (Å²) in [6.07, 6.45) is 4.69. The maximum absolute atomic E-state index is 12.3. The second-order valence-electron chi connectivity index (χ2n) is 6.03. The molecule has 0 aliphatic rings. The van der Waals surface area contributed by atoms with Crippen LogP contribution in [-0.4, -0.2) is 5.91 Å². The number of nitrogens with zero attached hydrogens (tertiary/aromatic N) is 1. The molecule has 2 aromatic carbocycles. The zero-order valence-corrected chi connectivity index (χ0v) is 15.7. The third kappa shape index (κ3) is 5.65. The standard InChI is InChI=1S/C21H22ClN3O/c1-3-4-5-16-7-10-18(11-8-16)25-21(26)17(13-23)14-24-19-9-6-15(2)20(22)12-19/h6-12,14,24H,3-5H2,1-2H3,(H,25,26)/b17-14-. The number of unbranched alkanes of at least 4 members (excludes halogenated alkanes) is 1. The van der Waals surface area contributed by atoms with Crippen molar-refractivity contribution in [1.82, 2.24) is 0 Å². The van der Waals surface area contributed by atoms with Crippen LogP contribution in [0.4, 0.5) is 11.4 Å². The molecule has 1 amide bonds. The lowest BCUT2D eigenvalue weighted by Crippen LogP contribution is -2.14. The predicted octanol–water partition coefficient (Wildman–Crippen LogP) is 5.45. The topological polar surface area (TPSA) is 64.9 Å². The Bertz CT molecular complexity index is 835. The van der Waals surface area contributed by atoms with Crippen molar-refractivity contribution in [2.75, 3.05) is 10.6 Å². The van der Waals surface area contributed by atoms with Crippen LogP contribution >= 0.6 is 11.6 Å². The van der Waals surface area contributed by atoms with Crippen molar-refractivity contribution in [2.24, 2.45) is 0 Å². The smallest absolute Gasteiger partial charge is 0.267 e. The Morgan fingerprint density at radius 3 is 2.50 bits per heavy atom. The summed E-state index contributed by atoms with van der Waals surface area (Å²) in [7, 11) is 0. The summed E-state index contributed by atoms with van der Waals surface area (Å²) in [5.41, 5.74) is 3.55. The van der Waals surface area contributed by atoms with E-state index < -0.39 is 5.91 Å². The van der Waals surface area contributed by atoms with E-state index in [1.807, 2.05) is 49.4 Å². The molecule has 0 unspecified atom stereocenters. The van der Waals surface area contributed by atoms with Crippen molar-refractivity contribution >= 4 is 28.9 Å². The number of nitrogens with one attached hydrogen (secondary N) is 2. The van der Waals surface area contributed by atoms with Crippen molar-refractivity contribution in [3.05, 3.63) is 70.4 Å². The number of benzene rings is 2. The zero-order chi connectivity index (χ0) is 18.9. The van der Waals surface area contributed by atoms with Crippen LogP contribution in [0.15, 0.2) is 54.2 Å². The summed E-state index contributed by atoms with van der Waals surface area (Å²) in [6.45, 7) is 4.06. The van der Waals surface area contributed by atoms with E-state index in [0.717, 1.165) is 24.8 Å². The summed E-state index contributed by atoms with van der Waals surface area (Å²) in [4.78, 5) is 12.3. The largest absolute Gasteiger partial charge is 0.360 e. The first kappa shape index (κ1) is 19.6. The lowest BCUT2D eigenvalue weighted by Gasteiger charge is -2.07. The van der Waals surface area contributed by atoms with Crippen LogP contribution in [0.1, 0.15) is 30.9 Å². The molecule has 0 aliphatic heterocycles. The average Bonchev–Trinajstić information content (AvgIpc) is 2.64. The van der Waals surface area contributed by atoms with Crippen LogP contribution in [0, 0.1) is 18.3 Å². The van der Waals surface area contributed by atoms with E-state index in [1.54, 1.807) is 6.07 Å². The molecule has 0 aromatic heterocycles. The molecule has 134 valence electrons. The Balaban J connectivity index is 2.01. The molecule has 2 rings (SSSR count). The summed E-state index contributed by atoms with van der Waals surface area (Å²) < 4.78 is 0. The third-order valence-corrected chi connectivity index (χ3v) is 4.36. The van der Waals surface area contributed by atoms with E-state index in [4.69, 9.17) is 11.6 Å². The molecule has 0 fully saturated rings. The average molecular weight is 368 g/mol. The second kappa shape index (κ2) is 9.65. The van der Waals surface area contributed by atoms with Gasteiger partial charge in [-0.05, 0) is 55.2 Å². The monoisotopic (exact) mass is 367 g/mol. The third-order valence-electron chi connectivity index (χ3n) is 3.95. The first-order chi connectivity index (χ1) is 12.5. The molecular formula is C21H22ClN3O. The van der Waals surface area contributed by atoms with Gasteiger partial charge in [0.2, 0.25) is 0 Å². The van der Waals surface area contributed by atoms with Gasteiger partial charge in [-0.3, -0.25) is 4.79 Å². The maximum atomic E-state index is 12.3. The summed E-state index contributed by atoms with van der Waals surface area (Å²) in [5, 5.41) is 15.5. The fraction of sp³-hybridized carbons (Fsp3) is 0.238. The van der Waals surface area contributed by atoms with E-state index >= 15 is 0 Å². The normalized spacial score (nSPS) is 10.9. The van der Waals surface area contributed by atoms with Gasteiger partial charge in [0.1, 0.15) is 11.6 Å². The fourth-order valence-corrected chi connectivity index (χ4v) is 2.50. The van der Waals surface area contributed by atoms with Gasteiger partial charge in [-0.2, -0.15) is 5.26 Å². The van der Waals surface area contributed by atoms with Crippen molar-refractivity contribution < 1.29 is 4.79 Å². The Hall–Kier alpha value is -2.77. The molecule has 2 N–H and O–H groups in total. The molecule has 0 radical (unpaired) electrons. The van der Waals surface area contributed by atoms with Crippen LogP contribution in [0.2, 0.25) is 5.02 Å². The lowest BCUT2D eigenvalue weighted by atomic mass is 10.1. The number of hydrogen-bond donors (Lipinski definition) is 2. The highest BCUT2D eigenvalue weighted by atomic mass is 35.5. The van der Waals surface area contributed by atoms with E-state index in [2.05, 4.69) is 17.6 Å². The quantitative estimate of drug-likeness (QED) is 0.505. The number of rotatable bonds is 7. The molecule has 2 aromatic rings. The zero-order valence-electron chi connectivity index (χ0n) is 15.0. The minimum Gasteiger partial charge on any atom is -0.360 e. The molecule has 0 saturated heterocycles. The first-order valence-corrected chi connectivity index (χ1v) is 8.94. The molecule has 5 heteroatoms. The van der Waals surface area contributed by atoms with Crippen molar-refractivity contribution in [3.8, 4) is 6.07 Å². The molecule has 0 bridgehead atoms. The first-order valence-electron chi connectivity index (χ1n) is 8.56. The van der Waals surface area contributed by atoms with Crippen LogP contribution in [-0.2, 0) is 11.2 Å². The molecule has 4 nitrogen and oxygen atoms in total. The lowest BCUT2D eigenvalue weighted by molar-refractivity contribution is -0.112. The van der Waals surface area contributed by atoms with Crippen LogP contribution in [0.3, 0.4) is 0 Å². The number of carbonyl (C=O) groups is 1. The van der Waals surface area contributed by atoms with E-state index in [0.29, 0.717) is 16.4 Å². The highest BCUT2D eigenvalue weighted by Gasteiger charge is 2.09. The van der Waals surface area contributed by atoms with Gasteiger partial charge in [-0.25, -0.2) is 0 Å². The van der Waals surface area contributed by atoms with Gasteiger partial charge in [0.25, 0.3) is 5.91 Å². The number of carbonyl (C=O) groups excluding carboxylic acids is 1. The number of amides is 1. The van der Waals surface area contributed by atoms with Crippen LogP contribution < -0.4 is 10.6 Å². The van der Waals surface area contributed by atoms with Gasteiger partial charge in [-0.1, -0.05) is 43.1 Å². The SMILES string of the molecule is CCCCc1ccc(NC(=O)/C(C#N)=C\Nc2ccc(C)c(Cl)c2)cc1. The van der Waals surface area contributed by atoms with E-state index in [-0.39, 0.29) is 5.57 Å². The van der Waals surface area contributed by atoms with Gasteiger partial charge in [-0.15, -0.1) is 0 Å². The van der Waals surface area contributed by atoms with Crippen molar-refractivity contribution in [2.45, 2.75) is 33.1 Å². The summed E-state index contributed by atoms with van der Waals surface area (Å²) >= 11 is 6.07. The number of halogens is 1. The Morgan fingerprint density at radius 2 is 1.88 bits per heavy atom. The van der Waals surface area contributed by atoms with Crippen molar-refractivity contribution in [3.63, 3.8) is 0 Å². The number of aryl methyl sites for hydroxylation is 2. The highest BCUT2D eigenvalue weighted by molar-refractivity contribution is 6.31. The maximum Gasteiger partial charge on any atom is 0.267 e. The van der Waals surface area contributed by atoms with Gasteiger partial charge < -0.3 is 10.6 Å². The fourth-order valence-electron chi connectivity index (χ4n) is 2.32. The number of nitriles is 1. The Labute approximate surface area is 159 Å². The van der Waals surface area contributed by atoms with Crippen LogP contribution in [0.25, 0.3) is 0 Å². The molecule has 0 aliphatic carbocycles. The number of hydrogen-bond acceptors (Lipinski definition) is 3. The molecular weight excluding hydrogens is 346 g/mol. The highest BCUT2D eigenvalue weighted by Crippen LogP contribution is 2.20. The van der Waals surface area contributed by atoms with Gasteiger partial charge >= 0.3 is 0 Å². The van der Waals surface area contributed by atoms with Crippen LogP contribution in [0.5, 0.6) is 0 Å². The van der Waals surface area contributed by atoms with Crippen molar-refractivity contribution in [1.29, 1.82) is 5.26 Å². The van der Waals surface area contributed by atoms with E-state index in [9.17, 15) is 10.1 Å². The number of anilines is 2. The Morgan fingerprint density at radius 1 is 1.19 bits per heavy atom. The molecule has 26 heavy (non-hydrogen) atoms.